The molecular weight excluding hydrogens is 401 g/mol. The van der Waals surface area contributed by atoms with Crippen molar-refractivity contribution in [3.63, 3.8) is 0 Å². The van der Waals surface area contributed by atoms with E-state index >= 15 is 0 Å². The Labute approximate surface area is 191 Å². The van der Waals surface area contributed by atoms with E-state index in [1.165, 1.54) is 24.6 Å². The molecule has 1 amide bonds. The molecule has 0 saturated carbocycles. The number of ether oxygens (including phenoxy) is 1. The summed E-state index contributed by atoms with van der Waals surface area (Å²) in [5.41, 5.74) is 2.76. The molecule has 2 aromatic rings. The number of carbonyl (C=O) groups is 1. The molecule has 1 aromatic heterocycles. The minimum absolute atomic E-state index is 0.0107. The second-order valence-electron chi connectivity index (χ2n) is 8.67. The Balaban J connectivity index is 1.46. The van der Waals surface area contributed by atoms with E-state index in [1.54, 1.807) is 13.4 Å². The summed E-state index contributed by atoms with van der Waals surface area (Å²) >= 11 is 0. The molecule has 3 heterocycles. The molecule has 1 aromatic carbocycles. The highest BCUT2D eigenvalue weighted by Gasteiger charge is 2.30. The van der Waals surface area contributed by atoms with Crippen molar-refractivity contribution in [2.45, 2.75) is 45.9 Å². The largest absolute Gasteiger partial charge is 0.496 e. The van der Waals surface area contributed by atoms with Crippen LogP contribution in [0.4, 0.5) is 5.82 Å². The van der Waals surface area contributed by atoms with Crippen LogP contribution in [-0.2, 0) is 13.0 Å². The first-order chi connectivity index (χ1) is 15.7. The Kier molecular flexibility index (Phi) is 7.30. The Morgan fingerprint density at radius 3 is 2.59 bits per heavy atom. The van der Waals surface area contributed by atoms with Crippen LogP contribution >= 0.6 is 0 Å². The first-order valence-electron chi connectivity index (χ1n) is 11.9. The number of piperazine rings is 1. The Morgan fingerprint density at radius 1 is 1.09 bits per heavy atom. The second-order valence-corrected chi connectivity index (χ2v) is 8.67. The van der Waals surface area contributed by atoms with Crippen molar-refractivity contribution >= 4 is 18.6 Å². The SMILES string of the molecule is CCCB(CC)N1CCN(c2ncnc3c2CCN(C(=O)c2ccccc2OC)C3)CC1. The van der Waals surface area contributed by atoms with E-state index in [0.717, 1.165) is 44.1 Å². The number of hydrogen-bond donors (Lipinski definition) is 0. The number of aromatic nitrogens is 2. The predicted molar refractivity (Wildman–Crippen MR) is 129 cm³/mol. The predicted octanol–water partition coefficient (Wildman–Crippen LogP) is 3.23. The number of fused-ring (bicyclic) bond motifs is 1. The number of benzene rings is 1. The molecule has 0 radical (unpaired) electrons. The summed E-state index contributed by atoms with van der Waals surface area (Å²) in [6, 6.07) is 7.40. The van der Waals surface area contributed by atoms with Crippen LogP contribution < -0.4 is 9.64 Å². The van der Waals surface area contributed by atoms with Crippen molar-refractivity contribution in [3.8, 4) is 5.75 Å². The summed E-state index contributed by atoms with van der Waals surface area (Å²) in [7, 11) is 1.60. The molecule has 0 atom stereocenters. The van der Waals surface area contributed by atoms with Gasteiger partial charge in [0.2, 0.25) is 6.85 Å². The quantitative estimate of drug-likeness (QED) is 0.623. The zero-order chi connectivity index (χ0) is 22.5. The number of rotatable bonds is 7. The van der Waals surface area contributed by atoms with Gasteiger partial charge < -0.3 is 19.3 Å². The number of para-hydroxylation sites is 1. The summed E-state index contributed by atoms with van der Waals surface area (Å²) in [5.74, 6) is 1.66. The van der Waals surface area contributed by atoms with Gasteiger partial charge in [-0.25, -0.2) is 9.97 Å². The summed E-state index contributed by atoms with van der Waals surface area (Å²) < 4.78 is 5.39. The molecule has 1 fully saturated rings. The maximum atomic E-state index is 13.1. The molecular formula is C24H34BN5O2. The van der Waals surface area contributed by atoms with Gasteiger partial charge >= 0.3 is 0 Å². The third-order valence-corrected chi connectivity index (χ3v) is 6.83. The van der Waals surface area contributed by atoms with Gasteiger partial charge in [0.05, 0.1) is 24.9 Å². The lowest BCUT2D eigenvalue weighted by Crippen LogP contribution is -2.52. The highest BCUT2D eigenvalue weighted by Crippen LogP contribution is 2.29. The first-order valence-corrected chi connectivity index (χ1v) is 11.9. The maximum Gasteiger partial charge on any atom is 0.257 e. The topological polar surface area (TPSA) is 61.8 Å². The minimum Gasteiger partial charge on any atom is -0.496 e. The first kappa shape index (κ1) is 22.6. The molecule has 170 valence electrons. The smallest absolute Gasteiger partial charge is 0.257 e. The number of amides is 1. The van der Waals surface area contributed by atoms with Crippen LogP contribution in [-0.4, -0.2) is 72.3 Å². The fourth-order valence-corrected chi connectivity index (χ4v) is 5.05. The third-order valence-electron chi connectivity index (χ3n) is 6.83. The van der Waals surface area contributed by atoms with Gasteiger partial charge in [0.15, 0.2) is 0 Å². The van der Waals surface area contributed by atoms with E-state index in [4.69, 9.17) is 4.74 Å². The Bertz CT molecular complexity index is 932. The van der Waals surface area contributed by atoms with Crippen LogP contribution in [0, 0.1) is 0 Å². The van der Waals surface area contributed by atoms with Crippen LogP contribution in [0.25, 0.3) is 0 Å². The van der Waals surface area contributed by atoms with Gasteiger partial charge in [0.1, 0.15) is 17.9 Å². The molecule has 32 heavy (non-hydrogen) atoms. The van der Waals surface area contributed by atoms with Crippen LogP contribution in [0.2, 0.25) is 12.6 Å². The van der Waals surface area contributed by atoms with Crippen LogP contribution in [0.15, 0.2) is 30.6 Å². The minimum atomic E-state index is -0.0107. The zero-order valence-corrected chi connectivity index (χ0v) is 19.6. The monoisotopic (exact) mass is 435 g/mol. The van der Waals surface area contributed by atoms with E-state index in [-0.39, 0.29) is 5.91 Å². The molecule has 0 N–H and O–H groups in total. The summed E-state index contributed by atoms with van der Waals surface area (Å²) in [5, 5.41) is 0. The average Bonchev–Trinajstić information content (AvgIpc) is 2.86. The summed E-state index contributed by atoms with van der Waals surface area (Å²) in [4.78, 5) is 29.3. The second kappa shape index (κ2) is 10.3. The molecule has 0 bridgehead atoms. The summed E-state index contributed by atoms with van der Waals surface area (Å²) in [6.07, 6.45) is 6.16. The molecule has 1 saturated heterocycles. The lowest BCUT2D eigenvalue weighted by molar-refractivity contribution is 0.0728. The molecule has 2 aliphatic heterocycles. The normalized spacial score (nSPS) is 16.6. The fraction of sp³-hybridized carbons (Fsp3) is 0.542. The van der Waals surface area contributed by atoms with Crippen molar-refractivity contribution in [3.05, 3.63) is 47.4 Å². The lowest BCUT2D eigenvalue weighted by atomic mass is 9.54. The van der Waals surface area contributed by atoms with Crippen molar-refractivity contribution in [1.82, 2.24) is 19.7 Å². The fourth-order valence-electron chi connectivity index (χ4n) is 5.05. The average molecular weight is 435 g/mol. The van der Waals surface area contributed by atoms with Crippen molar-refractivity contribution in [1.29, 1.82) is 0 Å². The van der Waals surface area contributed by atoms with E-state index in [1.807, 2.05) is 29.2 Å². The lowest BCUT2D eigenvalue weighted by Gasteiger charge is -2.40. The van der Waals surface area contributed by atoms with E-state index < -0.39 is 0 Å². The molecule has 8 heteroatoms. The van der Waals surface area contributed by atoms with Crippen molar-refractivity contribution < 1.29 is 9.53 Å². The molecule has 0 spiro atoms. The Hall–Kier alpha value is -2.61. The molecule has 4 rings (SSSR count). The summed E-state index contributed by atoms with van der Waals surface area (Å²) in [6.45, 7) is 10.6. The maximum absolute atomic E-state index is 13.1. The van der Waals surface area contributed by atoms with Gasteiger partial charge in [-0.3, -0.25) is 4.79 Å². The van der Waals surface area contributed by atoms with Crippen molar-refractivity contribution in [2.24, 2.45) is 0 Å². The van der Waals surface area contributed by atoms with E-state index in [2.05, 4.69) is 33.5 Å². The van der Waals surface area contributed by atoms with E-state index in [9.17, 15) is 4.79 Å². The van der Waals surface area contributed by atoms with Gasteiger partial charge in [0, 0.05) is 38.3 Å². The van der Waals surface area contributed by atoms with Gasteiger partial charge in [-0.2, -0.15) is 0 Å². The number of hydrogen-bond acceptors (Lipinski definition) is 6. The molecule has 2 aliphatic rings. The van der Waals surface area contributed by atoms with Crippen LogP contribution in [0.3, 0.4) is 0 Å². The number of carbonyl (C=O) groups excluding carboxylic acids is 1. The van der Waals surface area contributed by atoms with E-state index in [0.29, 0.717) is 31.3 Å². The Morgan fingerprint density at radius 2 is 1.88 bits per heavy atom. The number of nitrogens with zero attached hydrogens (tertiary/aromatic N) is 5. The zero-order valence-electron chi connectivity index (χ0n) is 19.6. The van der Waals surface area contributed by atoms with Crippen molar-refractivity contribution in [2.75, 3.05) is 44.7 Å². The van der Waals surface area contributed by atoms with Gasteiger partial charge in [-0.05, 0) is 18.6 Å². The standard InChI is InChI=1S/C24H34BN5O2/c1-4-11-25(5-2)30-15-13-28(14-16-30)23-19-10-12-29(17-21(19)26-18-27-23)24(31)20-8-6-7-9-22(20)32-3/h6-9,18H,4-5,10-17H2,1-3H3. The highest BCUT2D eigenvalue weighted by atomic mass is 16.5. The van der Waals surface area contributed by atoms with Gasteiger partial charge in [0.25, 0.3) is 5.91 Å². The third kappa shape index (κ3) is 4.60. The van der Waals surface area contributed by atoms with Crippen LogP contribution in [0.1, 0.15) is 41.9 Å². The molecule has 0 aliphatic carbocycles. The number of anilines is 1. The molecule has 0 unspecified atom stereocenters. The van der Waals surface area contributed by atoms with Crippen LogP contribution in [0.5, 0.6) is 5.75 Å². The van der Waals surface area contributed by atoms with Gasteiger partial charge in [-0.15, -0.1) is 0 Å². The highest BCUT2D eigenvalue weighted by molar-refractivity contribution is 6.55. The molecule has 7 nitrogen and oxygen atoms in total. The number of methoxy groups -OCH3 is 1. The van der Waals surface area contributed by atoms with Gasteiger partial charge in [-0.1, -0.05) is 45.0 Å².